The molecular formula is C24H22F3N7O2. The van der Waals surface area contributed by atoms with Crippen molar-refractivity contribution in [3.63, 3.8) is 0 Å². The van der Waals surface area contributed by atoms with Gasteiger partial charge in [0.2, 0.25) is 5.91 Å². The van der Waals surface area contributed by atoms with Crippen molar-refractivity contribution in [3.05, 3.63) is 77.4 Å². The quantitative estimate of drug-likeness (QED) is 0.348. The third-order valence-corrected chi connectivity index (χ3v) is 5.34. The van der Waals surface area contributed by atoms with E-state index in [1.54, 1.807) is 62.4 Å². The highest BCUT2D eigenvalue weighted by Gasteiger charge is 2.37. The molecule has 4 rings (SSSR count). The van der Waals surface area contributed by atoms with Gasteiger partial charge in [0.05, 0.1) is 0 Å². The number of alkyl halides is 3. The fourth-order valence-electron chi connectivity index (χ4n) is 3.64. The van der Waals surface area contributed by atoms with Crippen LogP contribution in [0.1, 0.15) is 29.2 Å². The Balaban J connectivity index is 1.39. The van der Waals surface area contributed by atoms with E-state index in [4.69, 9.17) is 0 Å². The summed E-state index contributed by atoms with van der Waals surface area (Å²) < 4.78 is 40.0. The van der Waals surface area contributed by atoms with E-state index in [1.165, 1.54) is 0 Å². The highest BCUT2D eigenvalue weighted by molar-refractivity contribution is 6.00. The Morgan fingerprint density at radius 1 is 0.889 bits per heavy atom. The third kappa shape index (κ3) is 5.77. The number of rotatable bonds is 6. The lowest BCUT2D eigenvalue weighted by Crippen LogP contribution is -2.19. The number of para-hydroxylation sites is 1. The van der Waals surface area contributed by atoms with E-state index < -0.39 is 18.0 Å². The molecule has 2 aromatic carbocycles. The molecule has 0 aliphatic carbocycles. The maximum Gasteiger partial charge on any atom is 0.453 e. The van der Waals surface area contributed by atoms with Crippen LogP contribution in [0.5, 0.6) is 0 Å². The number of aromatic nitrogens is 4. The van der Waals surface area contributed by atoms with Gasteiger partial charge in [0.15, 0.2) is 0 Å². The van der Waals surface area contributed by atoms with Crippen molar-refractivity contribution in [2.24, 2.45) is 0 Å². The average Bonchev–Trinajstić information content (AvgIpc) is 3.24. The Labute approximate surface area is 203 Å². The molecule has 0 atom stereocenters. The monoisotopic (exact) mass is 497 g/mol. The number of anilines is 3. The van der Waals surface area contributed by atoms with Crippen LogP contribution in [0.2, 0.25) is 0 Å². The number of nitrogens with zero attached hydrogens (tertiary/aromatic N) is 4. The molecule has 3 amide bonds. The van der Waals surface area contributed by atoms with Gasteiger partial charge in [0.1, 0.15) is 0 Å². The normalized spacial score (nSPS) is 11.4. The van der Waals surface area contributed by atoms with Gasteiger partial charge in [-0.1, -0.05) is 24.3 Å². The molecule has 0 bridgehead atoms. The van der Waals surface area contributed by atoms with Gasteiger partial charge in [0.25, 0.3) is 11.6 Å². The number of carbonyl (C=O) groups excluding carboxylic acids is 2. The number of nitrogens with one attached hydrogen (secondary N) is 3. The molecule has 0 fully saturated rings. The van der Waals surface area contributed by atoms with Gasteiger partial charge < -0.3 is 16.0 Å². The number of hydrogen-bond acceptors (Lipinski definition) is 5. The highest BCUT2D eigenvalue weighted by Crippen LogP contribution is 2.27. The van der Waals surface area contributed by atoms with Crippen molar-refractivity contribution in [2.45, 2.75) is 32.9 Å². The Kier molecular flexibility index (Phi) is 6.86. The standard InChI is InChI=1S/C24H22F3N7O2/c1-14-19(15(2)34-22(28-14)32-21(33-34)24(25,26)27)11-12-20(35)29-17-9-6-10-18(13-17)31-23(36)30-16-7-4-3-5-8-16/h3-10,13H,11-12H2,1-2H3,(H,29,35)(H2,30,31,36). The highest BCUT2D eigenvalue weighted by atomic mass is 19.4. The first-order valence-corrected chi connectivity index (χ1v) is 10.9. The summed E-state index contributed by atoms with van der Waals surface area (Å²) >= 11 is 0. The zero-order valence-electron chi connectivity index (χ0n) is 19.3. The molecule has 9 nitrogen and oxygen atoms in total. The number of fused-ring (bicyclic) bond motifs is 1. The van der Waals surface area contributed by atoms with Crippen molar-refractivity contribution in [1.29, 1.82) is 0 Å². The molecule has 186 valence electrons. The number of amides is 3. The van der Waals surface area contributed by atoms with Crippen LogP contribution in [0.4, 0.5) is 35.0 Å². The zero-order valence-corrected chi connectivity index (χ0v) is 19.3. The molecule has 12 heteroatoms. The Morgan fingerprint density at radius 3 is 2.22 bits per heavy atom. The van der Waals surface area contributed by atoms with Crippen LogP contribution >= 0.6 is 0 Å². The number of hydrogen-bond donors (Lipinski definition) is 3. The van der Waals surface area contributed by atoms with Crippen molar-refractivity contribution in [1.82, 2.24) is 19.6 Å². The second-order valence-electron chi connectivity index (χ2n) is 7.98. The topological polar surface area (TPSA) is 113 Å². The molecule has 4 aromatic rings. The van der Waals surface area contributed by atoms with E-state index in [0.29, 0.717) is 34.0 Å². The molecule has 0 saturated carbocycles. The van der Waals surface area contributed by atoms with Crippen molar-refractivity contribution in [3.8, 4) is 0 Å². The molecule has 2 aromatic heterocycles. The lowest BCUT2D eigenvalue weighted by atomic mass is 10.1. The van der Waals surface area contributed by atoms with E-state index in [0.717, 1.165) is 4.52 Å². The molecule has 3 N–H and O–H groups in total. The first-order chi connectivity index (χ1) is 17.1. The van der Waals surface area contributed by atoms with Crippen LogP contribution in [-0.2, 0) is 17.4 Å². The van der Waals surface area contributed by atoms with Gasteiger partial charge >= 0.3 is 12.2 Å². The molecule has 0 spiro atoms. The summed E-state index contributed by atoms with van der Waals surface area (Å²) in [4.78, 5) is 32.3. The van der Waals surface area contributed by atoms with Gasteiger partial charge in [-0.3, -0.25) is 4.79 Å². The van der Waals surface area contributed by atoms with Crippen LogP contribution in [-0.4, -0.2) is 31.5 Å². The van der Waals surface area contributed by atoms with E-state index in [1.807, 2.05) is 6.07 Å². The minimum absolute atomic E-state index is 0.0574. The maximum absolute atomic E-state index is 13.0. The lowest BCUT2D eigenvalue weighted by Gasteiger charge is -2.12. The fraction of sp³-hybridized carbons (Fsp3) is 0.208. The fourth-order valence-corrected chi connectivity index (χ4v) is 3.64. The summed E-state index contributed by atoms with van der Waals surface area (Å²) in [5, 5.41) is 11.7. The van der Waals surface area contributed by atoms with Gasteiger partial charge in [-0.15, -0.1) is 5.10 Å². The predicted molar refractivity (Wildman–Crippen MR) is 128 cm³/mol. The second kappa shape index (κ2) is 10.0. The molecule has 0 radical (unpaired) electrons. The molecule has 36 heavy (non-hydrogen) atoms. The summed E-state index contributed by atoms with van der Waals surface area (Å²) in [6, 6.07) is 15.2. The minimum atomic E-state index is -4.68. The number of benzene rings is 2. The summed E-state index contributed by atoms with van der Waals surface area (Å²) in [6.07, 6.45) is -4.38. The minimum Gasteiger partial charge on any atom is -0.326 e. The van der Waals surface area contributed by atoms with Gasteiger partial charge in [-0.05, 0) is 56.2 Å². The van der Waals surface area contributed by atoms with Crippen molar-refractivity contribution >= 4 is 34.8 Å². The summed E-state index contributed by atoms with van der Waals surface area (Å²) in [7, 11) is 0. The summed E-state index contributed by atoms with van der Waals surface area (Å²) in [5.41, 5.74) is 3.12. The van der Waals surface area contributed by atoms with Crippen LogP contribution < -0.4 is 16.0 Å². The van der Waals surface area contributed by atoms with E-state index >= 15 is 0 Å². The molecule has 0 unspecified atom stereocenters. The van der Waals surface area contributed by atoms with E-state index in [9.17, 15) is 22.8 Å². The maximum atomic E-state index is 13.0. The summed E-state index contributed by atoms with van der Waals surface area (Å²) in [5.74, 6) is -1.72. The molecular weight excluding hydrogens is 475 g/mol. The molecule has 0 aliphatic heterocycles. The van der Waals surface area contributed by atoms with Crippen LogP contribution in [0.15, 0.2) is 54.6 Å². The molecule has 2 heterocycles. The number of aryl methyl sites for hydroxylation is 2. The number of carbonyl (C=O) groups is 2. The zero-order chi connectivity index (χ0) is 25.9. The Hall–Kier alpha value is -4.48. The smallest absolute Gasteiger partial charge is 0.326 e. The first kappa shape index (κ1) is 24.6. The largest absolute Gasteiger partial charge is 0.453 e. The summed E-state index contributed by atoms with van der Waals surface area (Å²) in [6.45, 7) is 3.26. The number of urea groups is 1. The van der Waals surface area contributed by atoms with Gasteiger partial charge in [-0.2, -0.15) is 18.2 Å². The molecule has 0 aliphatic rings. The Morgan fingerprint density at radius 2 is 1.53 bits per heavy atom. The van der Waals surface area contributed by atoms with Crippen molar-refractivity contribution in [2.75, 3.05) is 16.0 Å². The second-order valence-corrected chi connectivity index (χ2v) is 7.98. The van der Waals surface area contributed by atoms with E-state index in [2.05, 4.69) is 31.0 Å². The SMILES string of the molecule is Cc1nc2nc(C(F)(F)F)nn2c(C)c1CCC(=O)Nc1cccc(NC(=O)Nc2ccccc2)c1. The first-order valence-electron chi connectivity index (χ1n) is 10.9. The van der Waals surface area contributed by atoms with Crippen LogP contribution in [0.3, 0.4) is 0 Å². The van der Waals surface area contributed by atoms with Gasteiger partial charge in [0, 0.05) is 34.9 Å². The number of halogens is 3. The van der Waals surface area contributed by atoms with Crippen molar-refractivity contribution < 1.29 is 22.8 Å². The molecule has 0 saturated heterocycles. The Bertz CT molecular complexity index is 1420. The lowest BCUT2D eigenvalue weighted by molar-refractivity contribution is -0.144. The van der Waals surface area contributed by atoms with Gasteiger partial charge in [-0.25, -0.2) is 14.3 Å². The predicted octanol–water partition coefficient (Wildman–Crippen LogP) is 4.98. The van der Waals surface area contributed by atoms with E-state index in [-0.39, 0.29) is 24.5 Å². The average molecular weight is 497 g/mol. The van der Waals surface area contributed by atoms with Crippen LogP contribution in [0.25, 0.3) is 5.78 Å². The third-order valence-electron chi connectivity index (χ3n) is 5.34. The van der Waals surface area contributed by atoms with Crippen LogP contribution in [0, 0.1) is 13.8 Å².